The van der Waals surface area contributed by atoms with Crippen LogP contribution >= 0.6 is 0 Å². The van der Waals surface area contributed by atoms with Gasteiger partial charge in [0.2, 0.25) is 10.0 Å². The number of ether oxygens (including phenoxy) is 2. The summed E-state index contributed by atoms with van der Waals surface area (Å²) in [5, 5.41) is 0. The maximum atomic E-state index is 14.0. The van der Waals surface area contributed by atoms with Crippen LogP contribution in [0.5, 0.6) is 5.75 Å². The number of benzene rings is 2. The summed E-state index contributed by atoms with van der Waals surface area (Å²) >= 11 is 0. The number of morpholine rings is 1. The van der Waals surface area contributed by atoms with E-state index >= 15 is 0 Å². The molecule has 0 radical (unpaired) electrons. The number of piperazine rings is 1. The van der Waals surface area contributed by atoms with E-state index in [2.05, 4.69) is 0 Å². The van der Waals surface area contributed by atoms with E-state index in [0.29, 0.717) is 70.0 Å². The van der Waals surface area contributed by atoms with E-state index in [4.69, 9.17) is 9.47 Å². The first-order chi connectivity index (χ1) is 15.8. The van der Waals surface area contributed by atoms with Crippen molar-refractivity contribution >= 4 is 21.6 Å². The molecule has 0 unspecified atom stereocenters. The van der Waals surface area contributed by atoms with Gasteiger partial charge >= 0.3 is 0 Å². The molecule has 178 valence electrons. The molecule has 8 nitrogen and oxygen atoms in total. The highest BCUT2D eigenvalue weighted by Gasteiger charge is 2.29. The lowest BCUT2D eigenvalue weighted by atomic mass is 10.1. The van der Waals surface area contributed by atoms with Gasteiger partial charge in [0.25, 0.3) is 5.91 Å². The van der Waals surface area contributed by atoms with Crippen LogP contribution in [0.3, 0.4) is 0 Å². The molecule has 1 amide bonds. The highest BCUT2D eigenvalue weighted by atomic mass is 32.2. The van der Waals surface area contributed by atoms with Gasteiger partial charge in [-0.05, 0) is 30.3 Å². The van der Waals surface area contributed by atoms with Crippen LogP contribution in [-0.4, -0.2) is 83.1 Å². The number of hydrogen-bond donors (Lipinski definition) is 0. The van der Waals surface area contributed by atoms with Crippen molar-refractivity contribution in [1.29, 1.82) is 0 Å². The Balaban J connectivity index is 1.51. The second-order valence-corrected chi connectivity index (χ2v) is 9.69. The summed E-state index contributed by atoms with van der Waals surface area (Å²) in [7, 11) is -2.18. The summed E-state index contributed by atoms with van der Waals surface area (Å²) < 4.78 is 65.4. The third kappa shape index (κ3) is 4.80. The minimum absolute atomic E-state index is 0.159. The van der Waals surface area contributed by atoms with E-state index in [1.807, 2.05) is 4.90 Å². The number of carbonyl (C=O) groups is 1. The van der Waals surface area contributed by atoms with Crippen molar-refractivity contribution in [2.75, 3.05) is 64.5 Å². The Morgan fingerprint density at radius 1 is 0.970 bits per heavy atom. The Morgan fingerprint density at radius 2 is 1.67 bits per heavy atom. The highest BCUT2D eigenvalue weighted by Crippen LogP contribution is 2.33. The summed E-state index contributed by atoms with van der Waals surface area (Å²) in [6.45, 7) is 2.67. The van der Waals surface area contributed by atoms with Crippen molar-refractivity contribution in [2.24, 2.45) is 0 Å². The summed E-state index contributed by atoms with van der Waals surface area (Å²) in [4.78, 5) is 16.3. The maximum Gasteiger partial charge on any atom is 0.256 e. The van der Waals surface area contributed by atoms with Crippen LogP contribution in [0.25, 0.3) is 0 Å². The van der Waals surface area contributed by atoms with Gasteiger partial charge in [-0.15, -0.1) is 0 Å². The average molecular weight is 482 g/mol. The molecule has 0 bridgehead atoms. The lowest BCUT2D eigenvalue weighted by Gasteiger charge is -2.37. The molecule has 0 atom stereocenters. The van der Waals surface area contributed by atoms with Crippen LogP contribution in [0, 0.1) is 11.6 Å². The third-order valence-electron chi connectivity index (χ3n) is 5.83. The molecule has 2 saturated heterocycles. The van der Waals surface area contributed by atoms with Crippen molar-refractivity contribution in [3.8, 4) is 5.75 Å². The lowest BCUT2D eigenvalue weighted by molar-refractivity contribution is 0.0730. The molecule has 2 aliphatic rings. The van der Waals surface area contributed by atoms with Gasteiger partial charge in [0.05, 0.1) is 36.5 Å². The zero-order chi connectivity index (χ0) is 23.6. The quantitative estimate of drug-likeness (QED) is 0.650. The molecule has 2 aromatic rings. The second-order valence-electron chi connectivity index (χ2n) is 7.75. The fourth-order valence-corrected chi connectivity index (χ4v) is 5.43. The first kappa shape index (κ1) is 23.4. The number of rotatable bonds is 5. The molecule has 4 rings (SSSR count). The van der Waals surface area contributed by atoms with Crippen molar-refractivity contribution in [2.45, 2.75) is 4.90 Å². The third-order valence-corrected chi connectivity index (χ3v) is 7.72. The fourth-order valence-electron chi connectivity index (χ4n) is 4.00. The average Bonchev–Trinajstić information content (AvgIpc) is 2.84. The zero-order valence-electron chi connectivity index (χ0n) is 18.2. The molecule has 2 heterocycles. The van der Waals surface area contributed by atoms with E-state index in [-0.39, 0.29) is 10.5 Å². The first-order valence-electron chi connectivity index (χ1n) is 10.6. The number of anilines is 1. The normalized spacial score (nSPS) is 17.8. The van der Waals surface area contributed by atoms with Crippen LogP contribution in [-0.2, 0) is 14.8 Å². The Bertz CT molecular complexity index is 1130. The van der Waals surface area contributed by atoms with E-state index < -0.39 is 27.6 Å². The van der Waals surface area contributed by atoms with E-state index in [1.54, 1.807) is 12.1 Å². The standard InChI is InChI=1S/C22H25F2N3O5S/c1-31-21-5-3-17(33(29,30)27-10-12-32-13-11-27)15-20(21)25-6-8-26(9-7-25)22(28)18-4-2-16(23)14-19(18)24/h2-5,14-15H,6-13H2,1H3. The molecule has 0 spiro atoms. The minimum Gasteiger partial charge on any atom is -0.495 e. The lowest BCUT2D eigenvalue weighted by Crippen LogP contribution is -2.49. The summed E-state index contributed by atoms with van der Waals surface area (Å²) in [5.41, 5.74) is 0.424. The summed E-state index contributed by atoms with van der Waals surface area (Å²) in [6, 6.07) is 7.61. The predicted molar refractivity (Wildman–Crippen MR) is 117 cm³/mol. The molecule has 0 aromatic heterocycles. The van der Waals surface area contributed by atoms with Gasteiger partial charge in [-0.25, -0.2) is 17.2 Å². The summed E-state index contributed by atoms with van der Waals surface area (Å²) in [6.07, 6.45) is 0. The van der Waals surface area contributed by atoms with Crippen LogP contribution in [0.4, 0.5) is 14.5 Å². The maximum absolute atomic E-state index is 14.0. The van der Waals surface area contributed by atoms with E-state index in [1.165, 1.54) is 22.4 Å². The molecule has 2 fully saturated rings. The predicted octanol–water partition coefficient (Wildman–Crippen LogP) is 1.96. The second kappa shape index (κ2) is 9.62. The van der Waals surface area contributed by atoms with Gasteiger partial charge in [0.1, 0.15) is 17.4 Å². The zero-order valence-corrected chi connectivity index (χ0v) is 19.0. The number of hydrogen-bond acceptors (Lipinski definition) is 6. The number of nitrogens with zero attached hydrogens (tertiary/aromatic N) is 3. The molecule has 0 N–H and O–H groups in total. The topological polar surface area (TPSA) is 79.4 Å². The Labute approximate surface area is 191 Å². The smallest absolute Gasteiger partial charge is 0.256 e. The van der Waals surface area contributed by atoms with E-state index in [9.17, 15) is 22.0 Å². The minimum atomic E-state index is -3.68. The SMILES string of the molecule is COc1ccc(S(=O)(=O)N2CCOCC2)cc1N1CCN(C(=O)c2ccc(F)cc2F)CC1. The van der Waals surface area contributed by atoms with Gasteiger partial charge in [0.15, 0.2) is 0 Å². The first-order valence-corrected chi connectivity index (χ1v) is 12.0. The Hall–Kier alpha value is -2.76. The number of sulfonamides is 1. The van der Waals surface area contributed by atoms with Crippen molar-refractivity contribution in [3.05, 3.63) is 53.6 Å². The number of halogens is 2. The Kier molecular flexibility index (Phi) is 6.82. The molecule has 0 saturated carbocycles. The Morgan fingerprint density at radius 3 is 2.30 bits per heavy atom. The summed E-state index contributed by atoms with van der Waals surface area (Å²) in [5.74, 6) is -1.64. The van der Waals surface area contributed by atoms with Gasteiger partial charge in [-0.3, -0.25) is 4.79 Å². The van der Waals surface area contributed by atoms with E-state index in [0.717, 1.165) is 12.1 Å². The molecular weight excluding hydrogens is 456 g/mol. The molecule has 0 aliphatic carbocycles. The molecular formula is C22H25F2N3O5S. The van der Waals surface area contributed by atoms with Crippen LogP contribution in [0.1, 0.15) is 10.4 Å². The van der Waals surface area contributed by atoms with Crippen LogP contribution in [0.2, 0.25) is 0 Å². The van der Waals surface area contributed by atoms with Gasteiger partial charge in [0, 0.05) is 45.3 Å². The largest absolute Gasteiger partial charge is 0.495 e. The molecule has 2 aromatic carbocycles. The fraction of sp³-hybridized carbons (Fsp3) is 0.409. The molecule has 2 aliphatic heterocycles. The van der Waals surface area contributed by atoms with Gasteiger partial charge < -0.3 is 19.3 Å². The number of carbonyl (C=O) groups excluding carboxylic acids is 1. The van der Waals surface area contributed by atoms with Crippen LogP contribution < -0.4 is 9.64 Å². The monoisotopic (exact) mass is 481 g/mol. The van der Waals surface area contributed by atoms with Gasteiger partial charge in [-0.2, -0.15) is 4.31 Å². The van der Waals surface area contributed by atoms with Crippen LogP contribution in [0.15, 0.2) is 41.3 Å². The van der Waals surface area contributed by atoms with Crippen molar-refractivity contribution in [3.63, 3.8) is 0 Å². The van der Waals surface area contributed by atoms with Gasteiger partial charge in [-0.1, -0.05) is 0 Å². The molecule has 33 heavy (non-hydrogen) atoms. The number of amides is 1. The van der Waals surface area contributed by atoms with Crippen molar-refractivity contribution < 1.29 is 31.5 Å². The van der Waals surface area contributed by atoms with Crippen molar-refractivity contribution in [1.82, 2.24) is 9.21 Å². The molecule has 11 heteroatoms. The number of methoxy groups -OCH3 is 1. The highest BCUT2D eigenvalue weighted by molar-refractivity contribution is 7.89.